The number of nitrogens with zero attached hydrogens (tertiary/aromatic N) is 3. The Labute approximate surface area is 359 Å². The molecule has 7 heteroatoms. The molecular weight excluding hydrogens is 755 g/mol. The van der Waals surface area contributed by atoms with E-state index in [1.165, 1.54) is 29.2 Å². The summed E-state index contributed by atoms with van der Waals surface area (Å²) in [7, 11) is 1.71. The number of carbonyl (C=O) groups is 2. The molecule has 306 valence electrons. The van der Waals surface area contributed by atoms with Gasteiger partial charge in [0.1, 0.15) is 11.6 Å². The number of methoxy groups -OCH3 is 1. The van der Waals surface area contributed by atoms with Crippen molar-refractivity contribution < 1.29 is 19.1 Å². The molecule has 7 nitrogen and oxygen atoms in total. The number of unbranched alkanes of at least 4 members (excludes halogenated alkanes) is 5. The maximum absolute atomic E-state index is 13.1. The van der Waals surface area contributed by atoms with Crippen LogP contribution in [-0.4, -0.2) is 36.6 Å². The van der Waals surface area contributed by atoms with E-state index in [9.17, 15) is 14.9 Å². The van der Waals surface area contributed by atoms with Crippen molar-refractivity contribution in [2.24, 2.45) is 0 Å². The number of Topliss-reactive ketones (excluding diaryl/α,β-unsaturated/α-hetero) is 1. The average molecular weight is 806 g/mol. The van der Waals surface area contributed by atoms with Gasteiger partial charge in [0.25, 0.3) is 0 Å². The third-order valence-corrected chi connectivity index (χ3v) is 10.9. The lowest BCUT2D eigenvalue weighted by molar-refractivity contribution is -0.138. The van der Waals surface area contributed by atoms with Crippen LogP contribution in [0.3, 0.4) is 0 Å². The number of benzene rings is 4. The van der Waals surface area contributed by atoms with Gasteiger partial charge in [0.2, 0.25) is 5.70 Å². The summed E-state index contributed by atoms with van der Waals surface area (Å²) in [5, 5.41) is 11.9. The molecule has 0 N–H and O–H groups in total. The zero-order valence-electron chi connectivity index (χ0n) is 34.9. The van der Waals surface area contributed by atoms with Crippen molar-refractivity contribution in [1.82, 2.24) is 4.57 Å². The third-order valence-electron chi connectivity index (χ3n) is 10.9. The molecule has 5 aromatic rings. The molecule has 0 aliphatic heterocycles. The van der Waals surface area contributed by atoms with Crippen LogP contribution in [0.5, 0.6) is 0 Å². The molecule has 4 aromatic carbocycles. The van der Waals surface area contributed by atoms with E-state index in [0.29, 0.717) is 11.1 Å². The lowest BCUT2D eigenvalue weighted by atomic mass is 9.88. The molecule has 0 amide bonds. The second kappa shape index (κ2) is 21.8. The van der Waals surface area contributed by atoms with Crippen LogP contribution in [0.15, 0.2) is 157 Å². The van der Waals surface area contributed by atoms with E-state index in [1.807, 2.05) is 72.9 Å². The van der Waals surface area contributed by atoms with Crippen LogP contribution in [0.2, 0.25) is 0 Å². The van der Waals surface area contributed by atoms with Crippen molar-refractivity contribution in [1.29, 1.82) is 5.26 Å². The molecule has 0 fully saturated rings. The number of ether oxygens (including phenoxy) is 2. The van der Waals surface area contributed by atoms with Gasteiger partial charge >= 0.3 is 5.97 Å². The summed E-state index contributed by atoms with van der Waals surface area (Å²) in [6.45, 7) is 13.8. The van der Waals surface area contributed by atoms with E-state index in [4.69, 9.17) is 16.0 Å². The number of rotatable bonds is 20. The highest BCUT2D eigenvalue weighted by Crippen LogP contribution is 2.51. The van der Waals surface area contributed by atoms with Crippen LogP contribution < -0.4 is 0 Å². The molecule has 1 aromatic heterocycles. The normalized spacial score (nSPS) is 13.6. The summed E-state index contributed by atoms with van der Waals surface area (Å²) in [6, 6.07) is 31.0. The number of hydrogen-bond acceptors (Lipinski definition) is 5. The van der Waals surface area contributed by atoms with E-state index < -0.39 is 5.97 Å². The lowest BCUT2D eigenvalue weighted by Gasteiger charge is -2.26. The van der Waals surface area contributed by atoms with Gasteiger partial charge < -0.3 is 18.8 Å². The summed E-state index contributed by atoms with van der Waals surface area (Å²) in [4.78, 5) is 28.9. The second-order valence-electron chi connectivity index (χ2n) is 15.0. The van der Waals surface area contributed by atoms with Gasteiger partial charge in [-0.05, 0) is 89.6 Å². The van der Waals surface area contributed by atoms with Crippen LogP contribution in [0.25, 0.3) is 49.9 Å². The Morgan fingerprint density at radius 2 is 1.31 bits per heavy atom. The largest absolute Gasteiger partial charge is 0.462 e. The van der Waals surface area contributed by atoms with Crippen LogP contribution in [0, 0.1) is 17.9 Å². The fourth-order valence-electron chi connectivity index (χ4n) is 8.05. The molecular formula is C54H51N3O4. The number of carbonyl (C=O) groups excluding carboxylic acids is 2. The second-order valence-corrected chi connectivity index (χ2v) is 15.0. The van der Waals surface area contributed by atoms with Crippen molar-refractivity contribution in [2.45, 2.75) is 57.4 Å². The minimum atomic E-state index is -0.642. The highest BCUT2D eigenvalue weighted by atomic mass is 16.5. The van der Waals surface area contributed by atoms with Crippen molar-refractivity contribution in [3.8, 4) is 17.2 Å². The van der Waals surface area contributed by atoms with E-state index in [2.05, 4.69) is 82.7 Å². The Bertz CT molecular complexity index is 2630. The van der Waals surface area contributed by atoms with E-state index >= 15 is 0 Å². The van der Waals surface area contributed by atoms with Gasteiger partial charge in [0, 0.05) is 41.4 Å². The number of allylic oxidation sites excluding steroid dienone is 10. The predicted octanol–water partition coefficient (Wildman–Crippen LogP) is 12.8. The summed E-state index contributed by atoms with van der Waals surface area (Å²) in [5.74, 6) is -0.984. The van der Waals surface area contributed by atoms with Crippen molar-refractivity contribution in [3.05, 3.63) is 191 Å². The first-order valence-electron chi connectivity index (χ1n) is 20.8. The van der Waals surface area contributed by atoms with Crippen LogP contribution >= 0.6 is 0 Å². The van der Waals surface area contributed by atoms with Gasteiger partial charge in [0.05, 0.1) is 19.2 Å². The number of fused-ring (bicyclic) bond motifs is 6. The Kier molecular flexibility index (Phi) is 15.6. The summed E-state index contributed by atoms with van der Waals surface area (Å²) < 4.78 is 13.0. The standard InChI is InChI=1S/C54H51N3O4/c1-5-6-7-8-9-10-13-16-27-52(53-45-25-19-17-23-43(45)44-24-18-20-26-46(44)53)57-50-30-28-40(34-42(38-55)54(59)61-33-22-15-12-11-14-21-32-60-4)35-47(50)48-36-41(29-31-51(48)57)37-49(56-3)39(2)58/h5-10,13,16-20,23-31,34-37,52-53H,1,11-12,14-15,21-22,32-33H2,2,4H3/b7-6+,9-8+,13-10+,27-16+,42-34+,49-37+. The zero-order chi connectivity index (χ0) is 43.0. The minimum absolute atomic E-state index is 0.0388. The molecule has 61 heavy (non-hydrogen) atoms. The van der Waals surface area contributed by atoms with Gasteiger partial charge in [-0.3, -0.25) is 0 Å². The molecule has 0 spiro atoms. The number of nitriles is 1. The van der Waals surface area contributed by atoms with Gasteiger partial charge in [-0.15, -0.1) is 0 Å². The first-order chi connectivity index (χ1) is 29.9. The maximum Gasteiger partial charge on any atom is 0.348 e. The van der Waals surface area contributed by atoms with Gasteiger partial charge in [-0.2, -0.15) is 5.26 Å². The Hall–Kier alpha value is -7.06. The SMILES string of the molecule is [C-]#[N+]/C(=C/c1ccc2c(c1)c1cc(/C=C(\C#N)C(=O)OCCCCCCCCOC)ccc1n2C(/C=C/C=C/C=C/C=C/C=C)C1c2ccccc2-c2ccccc21)C(C)=O. The van der Waals surface area contributed by atoms with Gasteiger partial charge in [-0.1, -0.05) is 148 Å². The van der Waals surface area contributed by atoms with Crippen LogP contribution in [-0.2, 0) is 19.1 Å². The molecule has 6 rings (SSSR count). The highest BCUT2D eigenvalue weighted by Gasteiger charge is 2.35. The smallest absolute Gasteiger partial charge is 0.348 e. The van der Waals surface area contributed by atoms with Crippen LogP contribution in [0.1, 0.15) is 79.7 Å². The van der Waals surface area contributed by atoms with Crippen molar-refractivity contribution >= 4 is 45.7 Å². The summed E-state index contributed by atoms with van der Waals surface area (Å²) in [5.41, 5.74) is 8.14. The number of hydrogen-bond donors (Lipinski definition) is 0. The van der Waals surface area contributed by atoms with E-state index in [1.54, 1.807) is 25.3 Å². The molecule has 1 unspecified atom stereocenters. The fraction of sp³-hybridized carbons (Fsp3) is 0.222. The van der Waals surface area contributed by atoms with Crippen molar-refractivity contribution in [2.75, 3.05) is 20.3 Å². The van der Waals surface area contributed by atoms with E-state index in [-0.39, 0.29) is 35.6 Å². The number of ketones is 1. The Morgan fingerprint density at radius 3 is 1.87 bits per heavy atom. The number of aromatic nitrogens is 1. The number of esters is 1. The molecule has 1 atom stereocenters. The first-order valence-corrected chi connectivity index (χ1v) is 20.8. The topological polar surface area (TPSA) is 85.7 Å². The quantitative estimate of drug-likeness (QED) is 0.0195. The molecule has 1 aliphatic carbocycles. The highest BCUT2D eigenvalue weighted by molar-refractivity contribution is 6.10. The molecule has 1 aliphatic rings. The zero-order valence-corrected chi connectivity index (χ0v) is 34.9. The molecule has 0 bridgehead atoms. The predicted molar refractivity (Wildman–Crippen MR) is 248 cm³/mol. The third kappa shape index (κ3) is 10.6. The molecule has 1 heterocycles. The lowest BCUT2D eigenvalue weighted by Crippen LogP contribution is -2.16. The van der Waals surface area contributed by atoms with Gasteiger partial charge in [0.15, 0.2) is 5.78 Å². The van der Waals surface area contributed by atoms with E-state index in [0.717, 1.165) is 66.9 Å². The van der Waals surface area contributed by atoms with Crippen molar-refractivity contribution in [3.63, 3.8) is 0 Å². The fourth-order valence-corrected chi connectivity index (χ4v) is 8.05. The summed E-state index contributed by atoms with van der Waals surface area (Å²) >= 11 is 0. The minimum Gasteiger partial charge on any atom is -0.462 e. The Balaban J connectivity index is 1.44. The Morgan fingerprint density at radius 1 is 0.770 bits per heavy atom. The average Bonchev–Trinajstić information content (AvgIpc) is 3.78. The first kappa shape index (κ1) is 43.5. The van der Waals surface area contributed by atoms with Crippen LogP contribution in [0.4, 0.5) is 0 Å². The van der Waals surface area contributed by atoms with Gasteiger partial charge in [-0.25, -0.2) is 9.64 Å². The molecule has 0 saturated carbocycles. The monoisotopic (exact) mass is 805 g/mol. The maximum atomic E-state index is 13.1. The molecule has 0 radical (unpaired) electrons. The summed E-state index contributed by atoms with van der Waals surface area (Å²) in [6.07, 6.45) is 27.0. The molecule has 0 saturated heterocycles.